The summed E-state index contributed by atoms with van der Waals surface area (Å²) in [6.07, 6.45) is 0.823. The lowest BCUT2D eigenvalue weighted by Gasteiger charge is -2.18. The predicted octanol–water partition coefficient (Wildman–Crippen LogP) is 4.47. The SMILES string of the molecule is CC[C@H](CNC(=O)[C@@H](C)OC(=O)CCc1nc2ccccc2s1)c1ccccc1. The molecule has 2 aromatic carbocycles. The molecule has 0 aliphatic rings. The van der Waals surface area contributed by atoms with Gasteiger partial charge >= 0.3 is 5.97 Å². The quantitative estimate of drug-likeness (QED) is 0.529. The first-order valence-electron chi connectivity index (χ1n) is 9.93. The van der Waals surface area contributed by atoms with Crippen LogP contribution in [0.2, 0.25) is 0 Å². The monoisotopic (exact) mass is 410 g/mol. The van der Waals surface area contributed by atoms with Crippen molar-refractivity contribution in [3.63, 3.8) is 0 Å². The summed E-state index contributed by atoms with van der Waals surface area (Å²) in [5.74, 6) is -0.420. The standard InChI is InChI=1S/C23H26N2O3S/c1-3-17(18-9-5-4-6-10-18)15-24-23(27)16(2)28-22(26)14-13-21-25-19-11-7-8-12-20(19)29-21/h4-12,16-17H,3,13-15H2,1-2H3,(H,24,27)/t16-,17-/m1/s1. The summed E-state index contributed by atoms with van der Waals surface area (Å²) in [6, 6.07) is 18.0. The zero-order chi connectivity index (χ0) is 20.6. The number of carbonyl (C=O) groups is 2. The van der Waals surface area contributed by atoms with E-state index >= 15 is 0 Å². The number of carbonyl (C=O) groups excluding carboxylic acids is 2. The van der Waals surface area contributed by atoms with E-state index in [9.17, 15) is 9.59 Å². The van der Waals surface area contributed by atoms with Crippen LogP contribution in [0.15, 0.2) is 54.6 Å². The highest BCUT2D eigenvalue weighted by Gasteiger charge is 2.19. The molecule has 0 fully saturated rings. The number of esters is 1. The van der Waals surface area contributed by atoms with Crippen molar-refractivity contribution < 1.29 is 14.3 Å². The topological polar surface area (TPSA) is 68.3 Å². The summed E-state index contributed by atoms with van der Waals surface area (Å²) >= 11 is 1.58. The van der Waals surface area contributed by atoms with Gasteiger partial charge in [0.05, 0.1) is 21.6 Å². The molecule has 3 rings (SSSR count). The van der Waals surface area contributed by atoms with Gasteiger partial charge in [-0.15, -0.1) is 11.3 Å². The second-order valence-electron chi connectivity index (χ2n) is 6.97. The Labute approximate surface area is 175 Å². The third-order valence-electron chi connectivity index (χ3n) is 4.85. The molecule has 1 amide bonds. The molecule has 0 spiro atoms. The van der Waals surface area contributed by atoms with Gasteiger partial charge in [-0.2, -0.15) is 0 Å². The van der Waals surface area contributed by atoms with E-state index in [0.717, 1.165) is 21.6 Å². The summed E-state index contributed by atoms with van der Waals surface area (Å²) in [7, 11) is 0. The maximum atomic E-state index is 12.3. The van der Waals surface area contributed by atoms with E-state index < -0.39 is 6.10 Å². The van der Waals surface area contributed by atoms with E-state index in [2.05, 4.69) is 29.4 Å². The van der Waals surface area contributed by atoms with Crippen molar-refractivity contribution in [2.75, 3.05) is 6.54 Å². The first kappa shape index (κ1) is 21.0. The number of fused-ring (bicyclic) bond motifs is 1. The molecule has 0 saturated carbocycles. The molecular formula is C23H26N2O3S. The molecule has 0 aliphatic carbocycles. The van der Waals surface area contributed by atoms with E-state index in [1.807, 2.05) is 42.5 Å². The van der Waals surface area contributed by atoms with E-state index in [1.54, 1.807) is 18.3 Å². The third-order valence-corrected chi connectivity index (χ3v) is 5.94. The molecule has 0 saturated heterocycles. The zero-order valence-electron chi connectivity index (χ0n) is 16.8. The van der Waals surface area contributed by atoms with Gasteiger partial charge < -0.3 is 10.1 Å². The highest BCUT2D eigenvalue weighted by Crippen LogP contribution is 2.22. The fourth-order valence-electron chi connectivity index (χ4n) is 3.14. The molecule has 6 heteroatoms. The summed E-state index contributed by atoms with van der Waals surface area (Å²) in [4.78, 5) is 29.0. The number of para-hydroxylation sites is 1. The van der Waals surface area contributed by atoms with Crippen molar-refractivity contribution in [1.82, 2.24) is 10.3 Å². The minimum atomic E-state index is -0.814. The van der Waals surface area contributed by atoms with Crippen LogP contribution in [0.25, 0.3) is 10.2 Å². The fourth-order valence-corrected chi connectivity index (χ4v) is 4.10. The smallest absolute Gasteiger partial charge is 0.306 e. The number of hydrogen-bond acceptors (Lipinski definition) is 5. The molecule has 1 N–H and O–H groups in total. The summed E-state index contributed by atoms with van der Waals surface area (Å²) in [6.45, 7) is 4.22. The van der Waals surface area contributed by atoms with E-state index in [4.69, 9.17) is 4.74 Å². The molecule has 2 atom stereocenters. The number of ether oxygens (including phenoxy) is 1. The van der Waals surface area contributed by atoms with Gasteiger partial charge in [0.25, 0.3) is 5.91 Å². The minimum Gasteiger partial charge on any atom is -0.453 e. The zero-order valence-corrected chi connectivity index (χ0v) is 17.6. The molecule has 29 heavy (non-hydrogen) atoms. The highest BCUT2D eigenvalue weighted by molar-refractivity contribution is 7.18. The van der Waals surface area contributed by atoms with Crippen molar-refractivity contribution in [3.05, 3.63) is 65.2 Å². The Morgan fingerprint density at radius 2 is 1.83 bits per heavy atom. The van der Waals surface area contributed by atoms with Crippen LogP contribution in [0, 0.1) is 0 Å². The molecule has 1 aromatic heterocycles. The van der Waals surface area contributed by atoms with Gasteiger partial charge in [0, 0.05) is 18.9 Å². The van der Waals surface area contributed by atoms with Gasteiger partial charge in [0.1, 0.15) is 0 Å². The van der Waals surface area contributed by atoms with Crippen molar-refractivity contribution in [2.24, 2.45) is 0 Å². The van der Waals surface area contributed by atoms with Gasteiger partial charge in [-0.25, -0.2) is 4.98 Å². The summed E-state index contributed by atoms with van der Waals surface area (Å²) in [5, 5.41) is 3.80. The Bertz CT molecular complexity index is 922. The van der Waals surface area contributed by atoms with Crippen LogP contribution < -0.4 is 5.32 Å². The molecule has 0 unspecified atom stereocenters. The lowest BCUT2D eigenvalue weighted by Crippen LogP contribution is -2.38. The Balaban J connectivity index is 1.44. The van der Waals surface area contributed by atoms with Crippen LogP contribution in [0.4, 0.5) is 0 Å². The molecule has 0 aliphatic heterocycles. The normalized spacial score (nSPS) is 13.0. The number of hydrogen-bond donors (Lipinski definition) is 1. The maximum Gasteiger partial charge on any atom is 0.306 e. The second-order valence-corrected chi connectivity index (χ2v) is 8.08. The van der Waals surface area contributed by atoms with Crippen LogP contribution in [-0.4, -0.2) is 29.5 Å². The minimum absolute atomic E-state index is 0.207. The van der Waals surface area contributed by atoms with Crippen molar-refractivity contribution in [1.29, 1.82) is 0 Å². The number of aryl methyl sites for hydroxylation is 1. The van der Waals surface area contributed by atoms with Crippen molar-refractivity contribution in [3.8, 4) is 0 Å². The van der Waals surface area contributed by atoms with E-state index in [1.165, 1.54) is 5.56 Å². The van der Waals surface area contributed by atoms with Gasteiger partial charge in [-0.1, -0.05) is 49.4 Å². The number of thiazole rings is 1. The Kier molecular flexibility index (Phi) is 7.36. The summed E-state index contributed by atoms with van der Waals surface area (Å²) < 4.78 is 6.41. The number of aromatic nitrogens is 1. The number of rotatable bonds is 9. The molecule has 0 bridgehead atoms. The average Bonchev–Trinajstić information content (AvgIpc) is 3.16. The second kappa shape index (κ2) is 10.2. The van der Waals surface area contributed by atoms with E-state index in [-0.39, 0.29) is 24.2 Å². The van der Waals surface area contributed by atoms with Gasteiger partial charge in [-0.05, 0) is 31.0 Å². The molecule has 1 heterocycles. The van der Waals surface area contributed by atoms with Crippen molar-refractivity contribution in [2.45, 2.75) is 45.1 Å². The molecule has 0 radical (unpaired) electrons. The van der Waals surface area contributed by atoms with Crippen LogP contribution in [0.3, 0.4) is 0 Å². The highest BCUT2D eigenvalue weighted by atomic mass is 32.1. The van der Waals surface area contributed by atoms with Crippen LogP contribution in [0.5, 0.6) is 0 Å². The lowest BCUT2D eigenvalue weighted by atomic mass is 9.96. The summed E-state index contributed by atoms with van der Waals surface area (Å²) in [5.41, 5.74) is 2.13. The molecule has 5 nitrogen and oxygen atoms in total. The van der Waals surface area contributed by atoms with E-state index in [0.29, 0.717) is 13.0 Å². The fraction of sp³-hybridized carbons (Fsp3) is 0.348. The third kappa shape index (κ3) is 5.87. The Morgan fingerprint density at radius 3 is 2.55 bits per heavy atom. The van der Waals surface area contributed by atoms with Gasteiger partial charge in [-0.3, -0.25) is 9.59 Å². The van der Waals surface area contributed by atoms with Gasteiger partial charge in [0.15, 0.2) is 6.10 Å². The largest absolute Gasteiger partial charge is 0.453 e. The first-order chi connectivity index (χ1) is 14.1. The number of amides is 1. The molecule has 152 valence electrons. The Morgan fingerprint density at radius 1 is 1.10 bits per heavy atom. The lowest BCUT2D eigenvalue weighted by molar-refractivity contribution is -0.154. The maximum absolute atomic E-state index is 12.3. The number of benzene rings is 2. The number of nitrogens with zero attached hydrogens (tertiary/aromatic N) is 1. The Hall–Kier alpha value is -2.73. The predicted molar refractivity (Wildman–Crippen MR) is 116 cm³/mol. The van der Waals surface area contributed by atoms with Crippen molar-refractivity contribution >= 4 is 33.4 Å². The average molecular weight is 411 g/mol. The number of nitrogens with one attached hydrogen (secondary N) is 1. The first-order valence-corrected chi connectivity index (χ1v) is 10.7. The van der Waals surface area contributed by atoms with Crippen LogP contribution in [0.1, 0.15) is 43.2 Å². The van der Waals surface area contributed by atoms with Gasteiger partial charge in [0.2, 0.25) is 0 Å². The molecular weight excluding hydrogens is 384 g/mol. The van der Waals surface area contributed by atoms with Crippen LogP contribution >= 0.6 is 11.3 Å². The molecule has 3 aromatic rings. The van der Waals surface area contributed by atoms with Crippen LogP contribution in [-0.2, 0) is 20.7 Å².